The Labute approximate surface area is 145 Å². The van der Waals surface area contributed by atoms with Gasteiger partial charge in [0.15, 0.2) is 16.6 Å². The van der Waals surface area contributed by atoms with E-state index < -0.39 is 16.6 Å². The summed E-state index contributed by atoms with van der Waals surface area (Å²) in [5, 5.41) is 0.523. The molecule has 2 heterocycles. The summed E-state index contributed by atoms with van der Waals surface area (Å²) in [4.78, 5) is 0. The van der Waals surface area contributed by atoms with Gasteiger partial charge in [0, 0.05) is 0 Å². The van der Waals surface area contributed by atoms with Crippen molar-refractivity contribution in [2.45, 2.75) is 102 Å². The normalized spacial score (nSPS) is 29.7. The summed E-state index contributed by atoms with van der Waals surface area (Å²) in [5.74, 6) is 0. The summed E-state index contributed by atoms with van der Waals surface area (Å²) in [6, 6.07) is 2.44. The monoisotopic (exact) mass is 358 g/mol. The molecular formula is C18H38O3Si2. The number of ether oxygens (including phenoxy) is 2. The van der Waals surface area contributed by atoms with Crippen LogP contribution >= 0.6 is 0 Å². The second-order valence-electron chi connectivity index (χ2n) is 10.1. The SMILES string of the molecule is CC(C)(C)[Si@@](C)(CCC1CO1)O[Si@](C)(CCC1CO1)C(C)(C)C. The summed E-state index contributed by atoms with van der Waals surface area (Å²) in [5.41, 5.74) is 0. The molecule has 0 amide bonds. The van der Waals surface area contributed by atoms with Crippen LogP contribution in [0.25, 0.3) is 0 Å². The third kappa shape index (κ3) is 5.14. The van der Waals surface area contributed by atoms with Crippen LogP contribution in [0, 0.1) is 0 Å². The van der Waals surface area contributed by atoms with Crippen molar-refractivity contribution in [1.29, 1.82) is 0 Å². The van der Waals surface area contributed by atoms with Gasteiger partial charge in [-0.1, -0.05) is 41.5 Å². The maximum atomic E-state index is 7.28. The summed E-state index contributed by atoms with van der Waals surface area (Å²) < 4.78 is 18.2. The standard InChI is InChI=1S/C18H38O3Si2/c1-17(2,3)22(7,11-9-15-13-19-15)21-23(8,18(4,5)6)12-10-16-14-20-16/h15-16H,9-14H2,1-8H3/t15?,16?,22-,23-/m1/s1. The van der Waals surface area contributed by atoms with Crippen molar-refractivity contribution in [3.05, 3.63) is 0 Å². The molecule has 0 spiro atoms. The first kappa shape index (κ1) is 19.6. The lowest BCUT2D eigenvalue weighted by atomic mass is 10.2. The Bertz CT molecular complexity index is 369. The van der Waals surface area contributed by atoms with Crippen molar-refractivity contribution in [2.75, 3.05) is 13.2 Å². The topological polar surface area (TPSA) is 34.3 Å². The third-order valence-corrected chi connectivity index (χ3v) is 18.8. The predicted octanol–water partition coefficient (Wildman–Crippen LogP) is 5.33. The molecule has 2 aliphatic heterocycles. The highest BCUT2D eigenvalue weighted by Gasteiger charge is 2.52. The van der Waals surface area contributed by atoms with Crippen LogP contribution in [-0.4, -0.2) is 42.1 Å². The van der Waals surface area contributed by atoms with Gasteiger partial charge in [-0.2, -0.15) is 0 Å². The quantitative estimate of drug-likeness (QED) is 0.434. The van der Waals surface area contributed by atoms with Crippen molar-refractivity contribution in [3.8, 4) is 0 Å². The summed E-state index contributed by atoms with van der Waals surface area (Å²) in [7, 11) is -3.66. The maximum absolute atomic E-state index is 7.28. The van der Waals surface area contributed by atoms with E-state index in [0.29, 0.717) is 12.2 Å². The van der Waals surface area contributed by atoms with Gasteiger partial charge in [-0.3, -0.25) is 0 Å². The van der Waals surface area contributed by atoms with Crippen LogP contribution in [0.3, 0.4) is 0 Å². The van der Waals surface area contributed by atoms with Crippen LogP contribution < -0.4 is 0 Å². The van der Waals surface area contributed by atoms with Crippen LogP contribution in [0.15, 0.2) is 0 Å². The Morgan fingerprint density at radius 1 is 0.783 bits per heavy atom. The molecule has 0 N–H and O–H groups in total. The van der Waals surface area contributed by atoms with Crippen LogP contribution in [0.5, 0.6) is 0 Å². The average Bonchev–Trinajstić information content (AvgIpc) is 3.24. The van der Waals surface area contributed by atoms with Gasteiger partial charge < -0.3 is 13.6 Å². The minimum Gasteiger partial charge on any atom is -0.454 e. The molecule has 0 aromatic carbocycles. The van der Waals surface area contributed by atoms with Crippen molar-refractivity contribution >= 4 is 16.6 Å². The van der Waals surface area contributed by atoms with Gasteiger partial charge in [-0.25, -0.2) is 0 Å². The third-order valence-electron chi connectivity index (χ3n) is 6.32. The van der Waals surface area contributed by atoms with Crippen LogP contribution in [0.2, 0.25) is 35.3 Å². The molecule has 0 saturated carbocycles. The summed E-state index contributed by atoms with van der Waals surface area (Å²) in [6.45, 7) is 21.2. The van der Waals surface area contributed by atoms with E-state index in [-0.39, 0.29) is 10.1 Å². The van der Waals surface area contributed by atoms with Crippen molar-refractivity contribution in [3.63, 3.8) is 0 Å². The lowest BCUT2D eigenvalue weighted by Crippen LogP contribution is -2.57. The maximum Gasteiger partial charge on any atom is 0.182 e. The minimum absolute atomic E-state index is 0.261. The molecule has 0 aromatic heterocycles. The molecule has 3 nitrogen and oxygen atoms in total. The first-order valence-corrected chi connectivity index (χ1v) is 14.5. The smallest absolute Gasteiger partial charge is 0.182 e. The molecule has 23 heavy (non-hydrogen) atoms. The Balaban J connectivity index is 2.13. The molecular weight excluding hydrogens is 320 g/mol. The van der Waals surface area contributed by atoms with Gasteiger partial charge in [0.25, 0.3) is 0 Å². The van der Waals surface area contributed by atoms with E-state index in [4.69, 9.17) is 13.6 Å². The lowest BCUT2D eigenvalue weighted by molar-refractivity contribution is 0.382. The minimum atomic E-state index is -1.83. The molecule has 136 valence electrons. The molecule has 2 rings (SSSR count). The van der Waals surface area contributed by atoms with E-state index in [1.807, 2.05) is 0 Å². The average molecular weight is 359 g/mol. The number of epoxide rings is 2. The first-order valence-electron chi connectivity index (χ1n) is 9.30. The van der Waals surface area contributed by atoms with Crippen molar-refractivity contribution in [2.24, 2.45) is 0 Å². The van der Waals surface area contributed by atoms with E-state index in [0.717, 1.165) is 13.2 Å². The zero-order chi connectivity index (χ0) is 17.5. The second-order valence-corrected chi connectivity index (χ2v) is 19.8. The van der Waals surface area contributed by atoms with Crippen LogP contribution in [0.4, 0.5) is 0 Å². The molecule has 4 atom stereocenters. The van der Waals surface area contributed by atoms with Gasteiger partial charge in [0.05, 0.1) is 25.4 Å². The Hall–Kier alpha value is 0.314. The number of hydrogen-bond donors (Lipinski definition) is 0. The highest BCUT2D eigenvalue weighted by Crippen LogP contribution is 2.49. The fourth-order valence-corrected chi connectivity index (χ4v) is 13.5. The fraction of sp³-hybridized carbons (Fsp3) is 1.00. The van der Waals surface area contributed by atoms with E-state index in [2.05, 4.69) is 54.6 Å². The molecule has 2 saturated heterocycles. The Morgan fingerprint density at radius 2 is 1.09 bits per heavy atom. The fourth-order valence-electron chi connectivity index (χ4n) is 3.00. The van der Waals surface area contributed by atoms with Crippen molar-refractivity contribution in [1.82, 2.24) is 0 Å². The van der Waals surface area contributed by atoms with Crippen LogP contribution in [0.1, 0.15) is 54.4 Å². The molecule has 5 heteroatoms. The Kier molecular flexibility index (Phi) is 5.60. The molecule has 0 aliphatic carbocycles. The molecule has 0 radical (unpaired) electrons. The highest BCUT2D eigenvalue weighted by atomic mass is 28.4. The van der Waals surface area contributed by atoms with Gasteiger partial charge in [0.1, 0.15) is 0 Å². The van der Waals surface area contributed by atoms with Crippen molar-refractivity contribution < 1.29 is 13.6 Å². The molecule has 0 aromatic rings. The van der Waals surface area contributed by atoms with Gasteiger partial charge in [-0.15, -0.1) is 0 Å². The zero-order valence-electron chi connectivity index (χ0n) is 16.6. The van der Waals surface area contributed by atoms with Crippen LogP contribution in [-0.2, 0) is 13.6 Å². The van der Waals surface area contributed by atoms with E-state index >= 15 is 0 Å². The van der Waals surface area contributed by atoms with Gasteiger partial charge in [-0.05, 0) is 48.1 Å². The number of rotatable bonds is 8. The first-order chi connectivity index (χ1) is 10.4. The second kappa shape index (κ2) is 6.56. The lowest BCUT2D eigenvalue weighted by Gasteiger charge is -2.50. The Morgan fingerprint density at radius 3 is 1.30 bits per heavy atom. The van der Waals surface area contributed by atoms with Gasteiger partial charge in [0.2, 0.25) is 0 Å². The highest BCUT2D eigenvalue weighted by molar-refractivity contribution is 6.88. The van der Waals surface area contributed by atoms with E-state index in [1.165, 1.54) is 24.9 Å². The molecule has 2 unspecified atom stereocenters. The number of hydrogen-bond acceptors (Lipinski definition) is 3. The zero-order valence-corrected chi connectivity index (χ0v) is 18.6. The largest absolute Gasteiger partial charge is 0.454 e. The molecule has 2 aliphatic rings. The summed E-state index contributed by atoms with van der Waals surface area (Å²) in [6.07, 6.45) is 3.38. The van der Waals surface area contributed by atoms with E-state index in [1.54, 1.807) is 0 Å². The molecule has 0 bridgehead atoms. The van der Waals surface area contributed by atoms with Gasteiger partial charge >= 0.3 is 0 Å². The predicted molar refractivity (Wildman–Crippen MR) is 102 cm³/mol. The summed E-state index contributed by atoms with van der Waals surface area (Å²) >= 11 is 0. The molecule has 2 fully saturated rings. The van der Waals surface area contributed by atoms with E-state index in [9.17, 15) is 0 Å².